The second-order valence-corrected chi connectivity index (χ2v) is 8.29. The van der Waals surface area contributed by atoms with Crippen molar-refractivity contribution in [3.8, 4) is 0 Å². The van der Waals surface area contributed by atoms with E-state index in [2.05, 4.69) is 23.0 Å². The standard InChI is InChI=1S/C19H24ClN5O2S/c1-14-4-5-15(20)11-16(14)23-9-7-22(8-10-23)13-25-19(28)27-17(21-25)12-24-6-2-3-18(24)26/h4-5,11H,2-3,6-10,12-13H2,1H3/p+1. The highest BCUT2D eigenvalue weighted by Gasteiger charge is 2.25. The molecule has 2 saturated heterocycles. The van der Waals surface area contributed by atoms with Crippen molar-refractivity contribution in [3.05, 3.63) is 39.5 Å². The molecule has 1 aromatic heterocycles. The third-order valence-electron chi connectivity index (χ3n) is 5.50. The Labute approximate surface area is 174 Å². The predicted molar refractivity (Wildman–Crippen MR) is 109 cm³/mol. The molecule has 3 heterocycles. The number of benzene rings is 1. The van der Waals surface area contributed by atoms with Crippen molar-refractivity contribution in [2.24, 2.45) is 0 Å². The third-order valence-corrected chi connectivity index (χ3v) is 6.03. The zero-order chi connectivity index (χ0) is 19.7. The Balaban J connectivity index is 1.35. The number of rotatable bonds is 5. The molecule has 0 aliphatic carbocycles. The Hall–Kier alpha value is -1.90. The van der Waals surface area contributed by atoms with Gasteiger partial charge in [0.2, 0.25) is 11.8 Å². The van der Waals surface area contributed by atoms with Gasteiger partial charge in [0.15, 0.2) is 6.67 Å². The summed E-state index contributed by atoms with van der Waals surface area (Å²) >= 11 is 11.5. The van der Waals surface area contributed by atoms with E-state index in [9.17, 15) is 4.79 Å². The van der Waals surface area contributed by atoms with E-state index in [-0.39, 0.29) is 5.91 Å². The Morgan fingerprint density at radius 1 is 1.29 bits per heavy atom. The molecule has 2 aliphatic heterocycles. The number of nitrogens with one attached hydrogen (secondary N) is 1. The molecule has 0 atom stereocenters. The number of aryl methyl sites for hydroxylation is 1. The highest BCUT2D eigenvalue weighted by molar-refractivity contribution is 7.71. The molecule has 7 nitrogen and oxygen atoms in total. The highest BCUT2D eigenvalue weighted by Crippen LogP contribution is 2.24. The van der Waals surface area contributed by atoms with Gasteiger partial charge in [-0.1, -0.05) is 17.7 Å². The van der Waals surface area contributed by atoms with E-state index >= 15 is 0 Å². The monoisotopic (exact) mass is 422 g/mol. The van der Waals surface area contributed by atoms with Gasteiger partial charge in [-0.05, 0) is 43.3 Å². The van der Waals surface area contributed by atoms with Crippen LogP contribution in [0, 0.1) is 11.8 Å². The Morgan fingerprint density at radius 3 is 2.79 bits per heavy atom. The Morgan fingerprint density at radius 2 is 2.07 bits per heavy atom. The molecule has 150 valence electrons. The van der Waals surface area contributed by atoms with Gasteiger partial charge in [0, 0.05) is 23.7 Å². The molecule has 2 aromatic rings. The fourth-order valence-corrected chi connectivity index (χ4v) is 4.27. The van der Waals surface area contributed by atoms with Crippen LogP contribution >= 0.6 is 23.8 Å². The second kappa shape index (κ2) is 8.23. The van der Waals surface area contributed by atoms with Gasteiger partial charge < -0.3 is 19.1 Å². The summed E-state index contributed by atoms with van der Waals surface area (Å²) in [5.74, 6) is 0.682. The smallest absolute Gasteiger partial charge is 0.291 e. The fourth-order valence-electron chi connectivity index (χ4n) is 3.90. The second-order valence-electron chi connectivity index (χ2n) is 7.51. The minimum Gasteiger partial charge on any atom is -0.412 e. The average Bonchev–Trinajstić information content (AvgIpc) is 3.23. The molecule has 9 heteroatoms. The van der Waals surface area contributed by atoms with Crippen LogP contribution in [0.1, 0.15) is 24.3 Å². The number of carbonyl (C=O) groups is 1. The molecule has 0 bridgehead atoms. The minimum absolute atomic E-state index is 0.161. The summed E-state index contributed by atoms with van der Waals surface area (Å²) < 4.78 is 7.37. The molecule has 28 heavy (non-hydrogen) atoms. The van der Waals surface area contributed by atoms with Crippen LogP contribution in [0.25, 0.3) is 0 Å². The van der Waals surface area contributed by atoms with E-state index in [0.29, 0.717) is 30.4 Å². The number of carbonyl (C=O) groups excluding carboxylic acids is 1. The van der Waals surface area contributed by atoms with Gasteiger partial charge in [0.25, 0.3) is 4.84 Å². The van der Waals surface area contributed by atoms with Crippen LogP contribution in [0.4, 0.5) is 5.69 Å². The van der Waals surface area contributed by atoms with Crippen LogP contribution in [0.5, 0.6) is 0 Å². The van der Waals surface area contributed by atoms with Crippen LogP contribution in [-0.4, -0.2) is 53.3 Å². The van der Waals surface area contributed by atoms with Crippen molar-refractivity contribution in [2.45, 2.75) is 33.0 Å². The quantitative estimate of drug-likeness (QED) is 0.742. The van der Waals surface area contributed by atoms with Gasteiger partial charge in [-0.15, -0.1) is 5.10 Å². The SMILES string of the molecule is Cc1ccc(Cl)cc1N1CC[NH+](Cn2nc(CN3CCCC3=O)oc2=S)CC1. The Kier molecular flexibility index (Phi) is 5.70. The zero-order valence-corrected chi connectivity index (χ0v) is 17.6. The summed E-state index contributed by atoms with van der Waals surface area (Å²) in [5, 5.41) is 5.28. The van der Waals surface area contributed by atoms with Crippen LogP contribution in [0.15, 0.2) is 22.6 Å². The van der Waals surface area contributed by atoms with E-state index in [4.69, 9.17) is 28.2 Å². The van der Waals surface area contributed by atoms with E-state index in [1.807, 2.05) is 12.1 Å². The van der Waals surface area contributed by atoms with Gasteiger partial charge >= 0.3 is 0 Å². The van der Waals surface area contributed by atoms with Crippen molar-refractivity contribution in [1.29, 1.82) is 0 Å². The van der Waals surface area contributed by atoms with E-state index in [1.165, 1.54) is 16.2 Å². The normalized spacial score (nSPS) is 18.3. The first-order valence-corrected chi connectivity index (χ1v) is 10.5. The summed E-state index contributed by atoms with van der Waals surface area (Å²) in [6.07, 6.45) is 1.52. The molecule has 1 aromatic carbocycles. The summed E-state index contributed by atoms with van der Waals surface area (Å²) in [5.41, 5.74) is 2.45. The number of amides is 1. The van der Waals surface area contributed by atoms with Crippen molar-refractivity contribution in [3.63, 3.8) is 0 Å². The maximum Gasteiger partial charge on any atom is 0.291 e. The van der Waals surface area contributed by atoms with E-state index in [1.54, 1.807) is 9.58 Å². The molecule has 0 spiro atoms. The molecule has 0 saturated carbocycles. The predicted octanol–water partition coefficient (Wildman–Crippen LogP) is 1.65. The first-order valence-electron chi connectivity index (χ1n) is 9.69. The van der Waals surface area contributed by atoms with Gasteiger partial charge in [-0.25, -0.2) is 0 Å². The van der Waals surface area contributed by atoms with Crippen LogP contribution in [0.3, 0.4) is 0 Å². The van der Waals surface area contributed by atoms with Crippen LogP contribution in [0.2, 0.25) is 5.02 Å². The summed E-state index contributed by atoms with van der Waals surface area (Å²) in [7, 11) is 0. The van der Waals surface area contributed by atoms with Crippen LogP contribution < -0.4 is 9.80 Å². The minimum atomic E-state index is 0.161. The number of hydrogen-bond acceptors (Lipinski definition) is 5. The lowest BCUT2D eigenvalue weighted by molar-refractivity contribution is -0.924. The van der Waals surface area contributed by atoms with Gasteiger partial charge in [0.1, 0.15) is 0 Å². The number of halogens is 1. The summed E-state index contributed by atoms with van der Waals surface area (Å²) in [6, 6.07) is 6.04. The van der Waals surface area contributed by atoms with Gasteiger partial charge in [-0.3, -0.25) is 4.79 Å². The maximum absolute atomic E-state index is 11.8. The molecule has 1 amide bonds. The number of hydrogen-bond donors (Lipinski definition) is 1. The van der Waals surface area contributed by atoms with Crippen LogP contribution in [-0.2, 0) is 18.0 Å². The lowest BCUT2D eigenvalue weighted by Gasteiger charge is -2.34. The molecule has 4 rings (SSSR count). The topological polar surface area (TPSA) is 59.0 Å². The zero-order valence-electron chi connectivity index (χ0n) is 16.0. The number of anilines is 1. The number of likely N-dealkylation sites (tertiary alicyclic amines) is 1. The molecule has 2 aliphatic rings. The molecule has 1 N–H and O–H groups in total. The van der Waals surface area contributed by atoms with E-state index < -0.39 is 0 Å². The van der Waals surface area contributed by atoms with Crippen molar-refractivity contribution in [2.75, 3.05) is 37.6 Å². The first-order chi connectivity index (χ1) is 13.5. The highest BCUT2D eigenvalue weighted by atomic mass is 35.5. The number of aromatic nitrogens is 2. The lowest BCUT2D eigenvalue weighted by atomic mass is 10.1. The van der Waals surface area contributed by atoms with Gasteiger partial charge in [0.05, 0.1) is 32.7 Å². The molecular weight excluding hydrogens is 398 g/mol. The summed E-state index contributed by atoms with van der Waals surface area (Å²) in [4.78, 5) is 17.7. The molecular formula is C19H25ClN5O2S+. The molecule has 0 radical (unpaired) electrons. The number of piperazine rings is 1. The molecule has 2 fully saturated rings. The summed E-state index contributed by atoms with van der Waals surface area (Å²) in [6.45, 7) is 7.86. The maximum atomic E-state index is 11.8. The van der Waals surface area contributed by atoms with Crippen molar-refractivity contribution < 1.29 is 14.1 Å². The van der Waals surface area contributed by atoms with E-state index in [0.717, 1.165) is 44.2 Å². The largest absolute Gasteiger partial charge is 0.412 e. The first kappa shape index (κ1) is 19.4. The third kappa shape index (κ3) is 4.24. The van der Waals surface area contributed by atoms with Gasteiger partial charge in [-0.2, -0.15) is 4.68 Å². The molecule has 0 unspecified atom stereocenters. The lowest BCUT2D eigenvalue weighted by Crippen LogP contribution is -3.14. The Bertz CT molecular complexity index is 919. The number of nitrogens with zero attached hydrogens (tertiary/aromatic N) is 4. The van der Waals surface area contributed by atoms with Crippen molar-refractivity contribution in [1.82, 2.24) is 14.7 Å². The number of quaternary nitrogens is 1. The average molecular weight is 423 g/mol. The fraction of sp³-hybridized carbons (Fsp3) is 0.526. The van der Waals surface area contributed by atoms with Crippen molar-refractivity contribution >= 4 is 35.4 Å².